The van der Waals surface area contributed by atoms with Crippen molar-refractivity contribution in [1.29, 1.82) is 0 Å². The Morgan fingerprint density at radius 2 is 1.59 bits per heavy atom. The Labute approximate surface area is 119 Å². The summed E-state index contributed by atoms with van der Waals surface area (Å²) in [5, 5.41) is 3.44. The first-order valence-corrected chi connectivity index (χ1v) is 17.7. The molecule has 1 aliphatic heterocycles. The van der Waals surface area contributed by atoms with Gasteiger partial charge in [-0.25, -0.2) is 0 Å². The zero-order valence-electron chi connectivity index (χ0n) is 11.0. The zero-order valence-corrected chi connectivity index (χ0v) is 16.5. The number of thiophene rings is 2. The van der Waals surface area contributed by atoms with Gasteiger partial charge in [0.05, 0.1) is 0 Å². The van der Waals surface area contributed by atoms with Gasteiger partial charge in [0.1, 0.15) is 0 Å². The summed E-state index contributed by atoms with van der Waals surface area (Å²) in [4.78, 5) is 9.75. The Hall–Kier alpha value is 0.416. The van der Waals surface area contributed by atoms with Crippen LogP contribution in [0.1, 0.15) is 4.88 Å². The van der Waals surface area contributed by atoms with E-state index < -0.39 is 27.8 Å². The molecule has 3 rings (SSSR count). The predicted octanol–water partition coefficient (Wildman–Crippen LogP) is 2.88. The van der Waals surface area contributed by atoms with E-state index in [0.717, 1.165) is 0 Å². The maximum atomic E-state index is 2.59. The maximum absolute atomic E-state index is 2.59. The summed E-state index contributed by atoms with van der Waals surface area (Å²) >= 11 is 2.96. The summed E-state index contributed by atoms with van der Waals surface area (Å²) in [6, 6.07) is 5.04. The summed E-state index contributed by atoms with van der Waals surface area (Å²) in [5.74, 6) is 0. The van der Waals surface area contributed by atoms with E-state index in [-0.39, 0.29) is 0 Å². The van der Waals surface area contributed by atoms with Gasteiger partial charge in [0.15, 0.2) is 0 Å². The molecule has 1 aliphatic rings. The second-order valence-corrected chi connectivity index (χ2v) is 20.5. The summed E-state index contributed by atoms with van der Waals surface area (Å²) in [7, 11) is -1.33. The Morgan fingerprint density at radius 1 is 1.00 bits per heavy atom. The van der Waals surface area contributed by atoms with Gasteiger partial charge in [-0.15, -0.1) is 0 Å². The van der Waals surface area contributed by atoms with E-state index in [1.165, 1.54) is 4.88 Å². The molecule has 0 nitrogen and oxygen atoms in total. The topological polar surface area (TPSA) is 0 Å². The van der Waals surface area contributed by atoms with Gasteiger partial charge >= 0.3 is 120 Å². The van der Waals surface area contributed by atoms with Crippen LogP contribution in [0.3, 0.4) is 0 Å². The van der Waals surface area contributed by atoms with Gasteiger partial charge in [0.25, 0.3) is 0 Å². The second-order valence-electron chi connectivity index (χ2n) is 5.58. The molecule has 0 aliphatic carbocycles. The van der Waals surface area contributed by atoms with Crippen molar-refractivity contribution in [3.8, 4) is 9.75 Å². The minimum atomic E-state index is -1.33. The van der Waals surface area contributed by atoms with Gasteiger partial charge in [0.2, 0.25) is 0 Å². The number of fused-ring (bicyclic) bond motifs is 3. The van der Waals surface area contributed by atoms with E-state index in [9.17, 15) is 0 Å². The molecule has 0 fully saturated rings. The van der Waals surface area contributed by atoms with Gasteiger partial charge in [-0.2, -0.15) is 0 Å². The van der Waals surface area contributed by atoms with Crippen LogP contribution >= 0.6 is 22.7 Å². The van der Waals surface area contributed by atoms with Crippen LogP contribution < -0.4 is 13.3 Å². The molecule has 0 aromatic carbocycles. The molecule has 17 heavy (non-hydrogen) atoms. The Kier molecular flexibility index (Phi) is 2.89. The monoisotopic (exact) mass is 385 g/mol. The molecule has 1 radical (unpaired) electrons. The van der Waals surface area contributed by atoms with Gasteiger partial charge in [-0.05, 0) is 0 Å². The van der Waals surface area contributed by atoms with Gasteiger partial charge in [-0.3, -0.25) is 0 Å². The molecule has 0 atom stereocenters. The SMILES string of the molecule is Cc1cc2c(s1)-c1s[c]([Sn]([CH3])[CH3])cc1[Si]2(C)C. The minimum absolute atomic E-state index is 1.18. The van der Waals surface area contributed by atoms with Crippen molar-refractivity contribution in [3.05, 3.63) is 17.0 Å². The summed E-state index contributed by atoms with van der Waals surface area (Å²) in [6.07, 6.45) is 0. The molecule has 0 spiro atoms. The van der Waals surface area contributed by atoms with Gasteiger partial charge in [-0.1, -0.05) is 0 Å². The fraction of sp³-hybridized carbons (Fsp3) is 0.385. The third kappa shape index (κ3) is 1.73. The number of hydrogen-bond acceptors (Lipinski definition) is 2. The molecule has 0 saturated carbocycles. The molecular formula is C13H17S2SiSn. The number of aryl methyl sites for hydroxylation is 1. The van der Waals surface area contributed by atoms with Gasteiger partial charge < -0.3 is 0 Å². The van der Waals surface area contributed by atoms with Crippen molar-refractivity contribution >= 4 is 63.8 Å². The first-order chi connectivity index (χ1) is 7.91. The summed E-state index contributed by atoms with van der Waals surface area (Å²) in [5.41, 5.74) is 0. The molecule has 0 saturated heterocycles. The average molecular weight is 384 g/mol. The van der Waals surface area contributed by atoms with E-state index in [1.807, 2.05) is 11.3 Å². The fourth-order valence-electron chi connectivity index (χ4n) is 2.56. The molecular weight excluding hydrogens is 367 g/mol. The molecule has 89 valence electrons. The van der Waals surface area contributed by atoms with Crippen LogP contribution in [0.4, 0.5) is 0 Å². The standard InChI is InChI=1S/C11H11S2Si.2CH3.Sn/c1-7-6-9-11(13-7)10-8(4-5-12-10)14(9,2)3;;;/h4,6H,1-3H3;2*1H3;. The number of rotatable bonds is 1. The van der Waals surface area contributed by atoms with E-state index in [4.69, 9.17) is 0 Å². The van der Waals surface area contributed by atoms with E-state index in [1.54, 1.807) is 23.0 Å². The van der Waals surface area contributed by atoms with Crippen LogP contribution in [0.15, 0.2) is 12.1 Å². The van der Waals surface area contributed by atoms with Crippen molar-refractivity contribution in [2.24, 2.45) is 0 Å². The number of hydrogen-bond donors (Lipinski definition) is 0. The van der Waals surface area contributed by atoms with E-state index in [0.29, 0.717) is 0 Å². The van der Waals surface area contributed by atoms with Crippen LogP contribution in [0.2, 0.25) is 23.0 Å². The molecule has 2 aromatic heterocycles. The zero-order chi connectivity index (χ0) is 12.4. The van der Waals surface area contributed by atoms with Crippen molar-refractivity contribution in [3.63, 3.8) is 0 Å². The summed E-state index contributed by atoms with van der Waals surface area (Å²) < 4.78 is 1.76. The third-order valence-electron chi connectivity index (χ3n) is 3.63. The Bertz CT molecular complexity index is 593. The molecule has 0 N–H and O–H groups in total. The predicted molar refractivity (Wildman–Crippen MR) is 86.2 cm³/mol. The Balaban J connectivity index is 2.27. The molecule has 3 heterocycles. The second kappa shape index (κ2) is 3.95. The fourth-order valence-corrected chi connectivity index (χ4v) is 13.9. The van der Waals surface area contributed by atoms with Crippen LogP contribution in [0.5, 0.6) is 0 Å². The van der Waals surface area contributed by atoms with E-state index >= 15 is 0 Å². The molecule has 2 aromatic rings. The van der Waals surface area contributed by atoms with Crippen LogP contribution in [-0.4, -0.2) is 27.8 Å². The quantitative estimate of drug-likeness (QED) is 0.664. The van der Waals surface area contributed by atoms with E-state index in [2.05, 4.69) is 53.4 Å². The van der Waals surface area contributed by atoms with Crippen molar-refractivity contribution in [1.82, 2.24) is 0 Å². The van der Waals surface area contributed by atoms with Crippen molar-refractivity contribution < 1.29 is 0 Å². The van der Waals surface area contributed by atoms with Crippen molar-refractivity contribution in [2.75, 3.05) is 0 Å². The van der Waals surface area contributed by atoms with Crippen molar-refractivity contribution in [2.45, 2.75) is 29.9 Å². The first-order valence-electron chi connectivity index (χ1n) is 5.97. The average Bonchev–Trinajstić information content (AvgIpc) is 2.83. The third-order valence-corrected chi connectivity index (χ3v) is 16.5. The van der Waals surface area contributed by atoms with Gasteiger partial charge in [0, 0.05) is 0 Å². The molecule has 4 heteroatoms. The van der Waals surface area contributed by atoms with Crippen LogP contribution in [-0.2, 0) is 0 Å². The summed E-state index contributed by atoms with van der Waals surface area (Å²) in [6.45, 7) is 7.30. The Morgan fingerprint density at radius 3 is 2.24 bits per heavy atom. The molecule has 0 bridgehead atoms. The van der Waals surface area contributed by atoms with Crippen LogP contribution in [0.25, 0.3) is 9.75 Å². The molecule has 0 unspecified atom stereocenters. The normalized spacial score (nSPS) is 16.4. The molecule has 0 amide bonds. The van der Waals surface area contributed by atoms with Crippen LogP contribution in [0, 0.1) is 6.92 Å². The first kappa shape index (κ1) is 12.4.